The number of benzene rings is 2. The number of anilines is 1. The van der Waals surface area contributed by atoms with Gasteiger partial charge in [-0.2, -0.15) is 0 Å². The maximum atomic E-state index is 12.6. The average molecular weight is 378 g/mol. The van der Waals surface area contributed by atoms with Crippen LogP contribution in [0.2, 0.25) is 0 Å². The number of hydrogen-bond donors (Lipinski definition) is 1. The summed E-state index contributed by atoms with van der Waals surface area (Å²) in [5.41, 5.74) is 2.15. The molecule has 2 aromatic carbocycles. The van der Waals surface area contributed by atoms with Crippen LogP contribution in [0.5, 0.6) is 0 Å². The van der Waals surface area contributed by atoms with E-state index in [1.165, 1.54) is 11.3 Å². The number of rotatable bonds is 6. The first kappa shape index (κ1) is 17.4. The Bertz CT molecular complexity index is 1070. The number of nitrogens with zero attached hydrogens (tertiary/aromatic N) is 3. The highest BCUT2D eigenvalue weighted by atomic mass is 32.1. The molecule has 0 fully saturated rings. The first-order valence-electron chi connectivity index (χ1n) is 8.83. The number of aryl methyl sites for hydroxylation is 1. The lowest BCUT2D eigenvalue weighted by Gasteiger charge is -2.02. The van der Waals surface area contributed by atoms with E-state index in [0.717, 1.165) is 35.2 Å². The molecule has 0 bridgehead atoms. The lowest BCUT2D eigenvalue weighted by molar-refractivity contribution is 0.102. The molecule has 0 spiro atoms. The quantitative estimate of drug-likeness (QED) is 0.514. The van der Waals surface area contributed by atoms with Crippen LogP contribution in [0.15, 0.2) is 53.1 Å². The van der Waals surface area contributed by atoms with Gasteiger partial charge >= 0.3 is 0 Å². The topological polar surface area (TPSA) is 80.9 Å². The second-order valence-electron chi connectivity index (χ2n) is 6.17. The number of carbonyl (C=O) groups excluding carboxylic acids is 1. The van der Waals surface area contributed by atoms with E-state index in [1.54, 1.807) is 18.2 Å². The van der Waals surface area contributed by atoms with Gasteiger partial charge in [-0.15, -0.1) is 10.2 Å². The monoisotopic (exact) mass is 378 g/mol. The molecule has 136 valence electrons. The van der Waals surface area contributed by atoms with Crippen molar-refractivity contribution in [2.75, 3.05) is 5.32 Å². The fourth-order valence-corrected chi connectivity index (χ4v) is 3.56. The number of carbonyl (C=O) groups is 1. The second-order valence-corrected chi connectivity index (χ2v) is 7.23. The Labute approximate surface area is 160 Å². The van der Waals surface area contributed by atoms with E-state index >= 15 is 0 Å². The van der Waals surface area contributed by atoms with Crippen LogP contribution < -0.4 is 5.32 Å². The van der Waals surface area contributed by atoms with Crippen molar-refractivity contribution >= 4 is 33.3 Å². The van der Waals surface area contributed by atoms with Crippen LogP contribution in [0.4, 0.5) is 5.13 Å². The zero-order valence-electron chi connectivity index (χ0n) is 14.8. The molecule has 0 aliphatic carbocycles. The van der Waals surface area contributed by atoms with Crippen LogP contribution in [0.25, 0.3) is 22.2 Å². The number of fused-ring (bicyclic) bond motifs is 1. The van der Waals surface area contributed by atoms with Gasteiger partial charge in [-0.05, 0) is 24.6 Å². The maximum Gasteiger partial charge on any atom is 0.257 e. The van der Waals surface area contributed by atoms with Gasteiger partial charge in [0.15, 0.2) is 5.76 Å². The van der Waals surface area contributed by atoms with Crippen LogP contribution >= 0.6 is 11.3 Å². The average Bonchev–Trinajstić information content (AvgIpc) is 3.33. The summed E-state index contributed by atoms with van der Waals surface area (Å²) < 4.78 is 5.49. The third kappa shape index (κ3) is 3.73. The van der Waals surface area contributed by atoms with Gasteiger partial charge in [0.05, 0.1) is 5.39 Å². The Kier molecular flexibility index (Phi) is 4.93. The standard InChI is InChI=1S/C20H18N4O2S/c1-2-3-9-17-22-23-20(27-17)21-19(25)14-10-11-16-15(12-14)18(26-24-16)13-7-5-4-6-8-13/h4-8,10-12H,2-3,9H2,1H3,(H,21,23,25). The number of nitrogens with one attached hydrogen (secondary N) is 1. The molecule has 6 nitrogen and oxygen atoms in total. The first-order chi connectivity index (χ1) is 13.2. The SMILES string of the molecule is CCCCc1nnc(NC(=O)c2ccc3noc(-c4ccccc4)c3c2)s1. The largest absolute Gasteiger partial charge is 0.355 e. The van der Waals surface area contributed by atoms with Crippen molar-refractivity contribution < 1.29 is 9.32 Å². The van der Waals surface area contributed by atoms with Gasteiger partial charge in [-0.3, -0.25) is 10.1 Å². The van der Waals surface area contributed by atoms with E-state index in [4.69, 9.17) is 4.52 Å². The third-order valence-electron chi connectivity index (χ3n) is 4.21. The predicted molar refractivity (Wildman–Crippen MR) is 106 cm³/mol. The molecular formula is C20H18N4O2S. The van der Waals surface area contributed by atoms with E-state index in [2.05, 4.69) is 27.6 Å². The Balaban J connectivity index is 1.58. The molecule has 0 aliphatic heterocycles. The molecule has 2 heterocycles. The molecule has 2 aromatic heterocycles. The van der Waals surface area contributed by atoms with Crippen LogP contribution in [0, 0.1) is 0 Å². The van der Waals surface area contributed by atoms with Crippen LogP contribution in [0.1, 0.15) is 35.1 Å². The minimum Gasteiger partial charge on any atom is -0.355 e. The summed E-state index contributed by atoms with van der Waals surface area (Å²) >= 11 is 1.42. The predicted octanol–water partition coefficient (Wildman–Crippen LogP) is 4.94. The van der Waals surface area contributed by atoms with Crippen molar-refractivity contribution in [1.29, 1.82) is 0 Å². The number of amides is 1. The Morgan fingerprint density at radius 1 is 1.15 bits per heavy atom. The summed E-state index contributed by atoms with van der Waals surface area (Å²) in [6, 6.07) is 15.0. The van der Waals surface area contributed by atoms with E-state index in [0.29, 0.717) is 22.0 Å². The molecule has 0 saturated heterocycles. The zero-order valence-corrected chi connectivity index (χ0v) is 15.6. The molecular weight excluding hydrogens is 360 g/mol. The third-order valence-corrected chi connectivity index (χ3v) is 5.10. The summed E-state index contributed by atoms with van der Waals surface area (Å²) in [6.07, 6.45) is 3.05. The summed E-state index contributed by atoms with van der Waals surface area (Å²) in [5, 5.41) is 17.3. The van der Waals surface area contributed by atoms with Crippen molar-refractivity contribution in [2.24, 2.45) is 0 Å². The van der Waals surface area contributed by atoms with Gasteiger partial charge in [0.1, 0.15) is 10.5 Å². The molecule has 7 heteroatoms. The number of hydrogen-bond acceptors (Lipinski definition) is 6. The summed E-state index contributed by atoms with van der Waals surface area (Å²) in [7, 11) is 0. The number of aromatic nitrogens is 3. The molecule has 0 unspecified atom stereocenters. The van der Waals surface area contributed by atoms with Crippen LogP contribution in [0.3, 0.4) is 0 Å². The Morgan fingerprint density at radius 2 is 2.00 bits per heavy atom. The van der Waals surface area contributed by atoms with Crippen molar-refractivity contribution in [3.8, 4) is 11.3 Å². The molecule has 0 atom stereocenters. The van der Waals surface area contributed by atoms with Gasteiger partial charge in [-0.25, -0.2) is 0 Å². The summed E-state index contributed by atoms with van der Waals surface area (Å²) in [5.74, 6) is 0.424. The van der Waals surface area contributed by atoms with Crippen molar-refractivity contribution in [3.05, 3.63) is 59.1 Å². The minimum absolute atomic E-state index is 0.227. The van der Waals surface area contributed by atoms with Crippen LogP contribution in [-0.4, -0.2) is 21.3 Å². The van der Waals surface area contributed by atoms with Gasteiger partial charge in [-0.1, -0.05) is 60.2 Å². The number of unbranched alkanes of at least 4 members (excludes halogenated alkanes) is 1. The molecule has 27 heavy (non-hydrogen) atoms. The maximum absolute atomic E-state index is 12.6. The first-order valence-corrected chi connectivity index (χ1v) is 9.65. The van der Waals surface area contributed by atoms with Gasteiger partial charge in [0, 0.05) is 17.5 Å². The smallest absolute Gasteiger partial charge is 0.257 e. The normalized spacial score (nSPS) is 11.0. The molecule has 1 N–H and O–H groups in total. The van der Waals surface area contributed by atoms with E-state index in [9.17, 15) is 4.79 Å². The van der Waals surface area contributed by atoms with Gasteiger partial charge in [0.2, 0.25) is 5.13 Å². The highest BCUT2D eigenvalue weighted by molar-refractivity contribution is 7.15. The Hall–Kier alpha value is -3.06. The summed E-state index contributed by atoms with van der Waals surface area (Å²) in [4.78, 5) is 12.6. The minimum atomic E-state index is -0.227. The van der Waals surface area contributed by atoms with E-state index in [-0.39, 0.29) is 5.91 Å². The highest BCUT2D eigenvalue weighted by Gasteiger charge is 2.15. The summed E-state index contributed by atoms with van der Waals surface area (Å²) in [6.45, 7) is 2.13. The zero-order chi connectivity index (χ0) is 18.6. The van der Waals surface area contributed by atoms with Crippen molar-refractivity contribution in [1.82, 2.24) is 15.4 Å². The van der Waals surface area contributed by atoms with Crippen molar-refractivity contribution in [2.45, 2.75) is 26.2 Å². The molecule has 4 aromatic rings. The molecule has 1 amide bonds. The lowest BCUT2D eigenvalue weighted by atomic mass is 10.1. The van der Waals surface area contributed by atoms with Gasteiger partial charge < -0.3 is 4.52 Å². The highest BCUT2D eigenvalue weighted by Crippen LogP contribution is 2.29. The lowest BCUT2D eigenvalue weighted by Crippen LogP contribution is -2.11. The fourth-order valence-electron chi connectivity index (χ4n) is 2.78. The van der Waals surface area contributed by atoms with E-state index in [1.807, 2.05) is 30.3 Å². The molecule has 0 aliphatic rings. The fraction of sp³-hybridized carbons (Fsp3) is 0.200. The second kappa shape index (κ2) is 7.67. The molecule has 0 radical (unpaired) electrons. The molecule has 0 saturated carbocycles. The Morgan fingerprint density at radius 3 is 2.81 bits per heavy atom. The molecule has 4 rings (SSSR count). The van der Waals surface area contributed by atoms with Gasteiger partial charge in [0.25, 0.3) is 5.91 Å². The van der Waals surface area contributed by atoms with Crippen LogP contribution in [-0.2, 0) is 6.42 Å². The van der Waals surface area contributed by atoms with Crippen molar-refractivity contribution in [3.63, 3.8) is 0 Å². The van der Waals surface area contributed by atoms with E-state index < -0.39 is 0 Å².